The molecule has 2 atom stereocenters. The van der Waals surface area contributed by atoms with E-state index in [1.807, 2.05) is 29.9 Å². The van der Waals surface area contributed by atoms with Crippen LogP contribution in [0.3, 0.4) is 0 Å². The predicted octanol–water partition coefficient (Wildman–Crippen LogP) is 2.33. The minimum absolute atomic E-state index is 0.0547. The molecule has 6 heteroatoms. The van der Waals surface area contributed by atoms with Crippen LogP contribution in [-0.2, 0) is 16.6 Å². The second kappa shape index (κ2) is 8.32. The molecule has 2 fully saturated rings. The first-order chi connectivity index (χ1) is 12.1. The summed E-state index contributed by atoms with van der Waals surface area (Å²) in [5.74, 6) is 0.190. The number of carbonyl (C=O) groups excluding carboxylic acids is 1. The van der Waals surface area contributed by atoms with Gasteiger partial charge in [0.2, 0.25) is 5.91 Å². The maximum Gasteiger partial charge on any atom is 0.224 e. The second-order valence-corrected chi connectivity index (χ2v) is 7.51. The van der Waals surface area contributed by atoms with Gasteiger partial charge in [-0.3, -0.25) is 9.48 Å². The number of amides is 1. The first kappa shape index (κ1) is 18.4. The average molecular weight is 348 g/mol. The zero-order valence-electron chi connectivity index (χ0n) is 15.8. The van der Waals surface area contributed by atoms with Crippen molar-refractivity contribution in [3.63, 3.8) is 0 Å². The maximum absolute atomic E-state index is 12.2. The molecule has 3 rings (SSSR count). The highest BCUT2D eigenvalue weighted by Gasteiger charge is 2.39. The number of ether oxygens (including phenoxy) is 1. The number of hydrogen-bond donors (Lipinski definition) is 1. The highest BCUT2D eigenvalue weighted by atomic mass is 16.5. The molecule has 1 aliphatic carbocycles. The smallest absolute Gasteiger partial charge is 0.224 e. The summed E-state index contributed by atoms with van der Waals surface area (Å²) in [5.41, 5.74) is 2.26. The lowest BCUT2D eigenvalue weighted by atomic mass is 10.0. The summed E-state index contributed by atoms with van der Waals surface area (Å²) in [6.07, 6.45) is 10.5. The number of likely N-dealkylation sites (N-methyl/N-ethyl adjacent to an activating group) is 1. The van der Waals surface area contributed by atoms with E-state index in [1.165, 1.54) is 38.5 Å². The number of aromatic nitrogens is 2. The Morgan fingerprint density at radius 3 is 2.60 bits per heavy atom. The van der Waals surface area contributed by atoms with Crippen molar-refractivity contribution >= 4 is 5.91 Å². The average Bonchev–Trinajstić information content (AvgIpc) is 2.94. The third-order valence-corrected chi connectivity index (χ3v) is 5.84. The van der Waals surface area contributed by atoms with Gasteiger partial charge in [0.05, 0.1) is 24.9 Å². The van der Waals surface area contributed by atoms with E-state index in [-0.39, 0.29) is 18.0 Å². The minimum atomic E-state index is 0.0547. The third kappa shape index (κ3) is 4.23. The molecular weight excluding hydrogens is 316 g/mol. The van der Waals surface area contributed by atoms with Crippen molar-refractivity contribution in [2.45, 2.75) is 70.1 Å². The minimum Gasteiger partial charge on any atom is -0.377 e. The van der Waals surface area contributed by atoms with E-state index < -0.39 is 0 Å². The number of nitrogens with zero attached hydrogens (tertiary/aromatic N) is 3. The lowest BCUT2D eigenvalue weighted by Gasteiger charge is -2.26. The van der Waals surface area contributed by atoms with Crippen molar-refractivity contribution in [1.82, 2.24) is 20.0 Å². The van der Waals surface area contributed by atoms with Gasteiger partial charge >= 0.3 is 0 Å². The van der Waals surface area contributed by atoms with Crippen LogP contribution in [0.25, 0.3) is 0 Å². The van der Waals surface area contributed by atoms with Crippen LogP contribution >= 0.6 is 0 Å². The van der Waals surface area contributed by atoms with E-state index in [1.54, 1.807) is 0 Å². The Balaban J connectivity index is 1.53. The third-order valence-electron chi connectivity index (χ3n) is 5.84. The van der Waals surface area contributed by atoms with Gasteiger partial charge in [-0.1, -0.05) is 25.7 Å². The molecule has 0 unspecified atom stereocenters. The van der Waals surface area contributed by atoms with E-state index in [2.05, 4.69) is 17.3 Å². The van der Waals surface area contributed by atoms with Gasteiger partial charge in [0.1, 0.15) is 0 Å². The molecule has 0 spiro atoms. The van der Waals surface area contributed by atoms with Crippen molar-refractivity contribution < 1.29 is 9.53 Å². The number of rotatable bonds is 6. The van der Waals surface area contributed by atoms with Gasteiger partial charge in [-0.05, 0) is 19.8 Å². The van der Waals surface area contributed by atoms with Crippen LogP contribution in [0.4, 0.5) is 0 Å². The molecule has 1 saturated heterocycles. The summed E-state index contributed by atoms with van der Waals surface area (Å²) in [4.78, 5) is 14.1. The molecular formula is C19H32N4O2. The van der Waals surface area contributed by atoms with Gasteiger partial charge in [-0.2, -0.15) is 5.10 Å². The molecule has 140 valence electrons. The van der Waals surface area contributed by atoms with Gasteiger partial charge in [0, 0.05) is 44.4 Å². The van der Waals surface area contributed by atoms with Crippen LogP contribution in [-0.4, -0.2) is 52.9 Å². The number of aryl methyl sites for hydroxylation is 1. The number of hydrogen-bond acceptors (Lipinski definition) is 4. The first-order valence-corrected chi connectivity index (χ1v) is 9.67. The molecule has 0 radical (unpaired) electrons. The molecule has 1 N–H and O–H groups in total. The normalized spacial score (nSPS) is 25.6. The van der Waals surface area contributed by atoms with Crippen LogP contribution in [0.15, 0.2) is 6.20 Å². The van der Waals surface area contributed by atoms with Crippen molar-refractivity contribution in [1.29, 1.82) is 0 Å². The Kier molecular flexibility index (Phi) is 6.12. The van der Waals surface area contributed by atoms with Crippen LogP contribution in [0.2, 0.25) is 0 Å². The SMILES string of the molecule is Cc1c([C@H]2[C@H](NCCOC3CCCCCC3)CC(=O)N2C)cnn1C. The van der Waals surface area contributed by atoms with Gasteiger partial charge < -0.3 is 15.0 Å². The molecule has 1 amide bonds. The fraction of sp³-hybridized carbons (Fsp3) is 0.789. The zero-order chi connectivity index (χ0) is 17.8. The van der Waals surface area contributed by atoms with E-state index in [0.29, 0.717) is 12.5 Å². The Bertz CT molecular complexity index is 578. The molecule has 2 heterocycles. The molecule has 25 heavy (non-hydrogen) atoms. The zero-order valence-corrected chi connectivity index (χ0v) is 15.8. The van der Waals surface area contributed by atoms with Crippen molar-refractivity contribution in [2.24, 2.45) is 7.05 Å². The van der Waals surface area contributed by atoms with E-state index in [9.17, 15) is 4.79 Å². The lowest BCUT2D eigenvalue weighted by molar-refractivity contribution is -0.127. The molecule has 1 saturated carbocycles. The number of nitrogens with one attached hydrogen (secondary N) is 1. The van der Waals surface area contributed by atoms with Gasteiger partial charge in [0.15, 0.2) is 0 Å². The van der Waals surface area contributed by atoms with Crippen molar-refractivity contribution in [3.05, 3.63) is 17.5 Å². The standard InChI is InChI=1S/C19H32N4O2/c1-14-16(13-21-23(14)3)19-17(12-18(24)22(19)2)20-10-11-25-15-8-6-4-5-7-9-15/h13,15,17,19-20H,4-12H2,1-3H3/t17-,19+/m1/s1. The van der Waals surface area contributed by atoms with Crippen LogP contribution in [0.1, 0.15) is 62.2 Å². The van der Waals surface area contributed by atoms with Crippen molar-refractivity contribution in [2.75, 3.05) is 20.2 Å². The Labute approximate surface area is 150 Å². The number of carbonyl (C=O) groups is 1. The molecule has 1 aromatic rings. The molecule has 0 bridgehead atoms. The van der Waals surface area contributed by atoms with Crippen LogP contribution in [0.5, 0.6) is 0 Å². The van der Waals surface area contributed by atoms with Crippen molar-refractivity contribution in [3.8, 4) is 0 Å². The molecule has 0 aromatic carbocycles. The van der Waals surface area contributed by atoms with E-state index in [4.69, 9.17) is 4.74 Å². The fourth-order valence-corrected chi connectivity index (χ4v) is 4.16. The van der Waals surface area contributed by atoms with Gasteiger partial charge in [0.25, 0.3) is 0 Å². The summed E-state index contributed by atoms with van der Waals surface area (Å²) in [5, 5.41) is 7.91. The van der Waals surface area contributed by atoms with E-state index >= 15 is 0 Å². The van der Waals surface area contributed by atoms with Gasteiger partial charge in [-0.15, -0.1) is 0 Å². The second-order valence-electron chi connectivity index (χ2n) is 7.51. The van der Waals surface area contributed by atoms with Gasteiger partial charge in [-0.25, -0.2) is 0 Å². The monoisotopic (exact) mass is 348 g/mol. The molecule has 1 aliphatic heterocycles. The lowest BCUT2D eigenvalue weighted by Crippen LogP contribution is -2.37. The molecule has 6 nitrogen and oxygen atoms in total. The summed E-state index contributed by atoms with van der Waals surface area (Å²) < 4.78 is 7.94. The predicted molar refractivity (Wildman–Crippen MR) is 97.3 cm³/mol. The Morgan fingerprint density at radius 1 is 1.24 bits per heavy atom. The largest absolute Gasteiger partial charge is 0.377 e. The highest BCUT2D eigenvalue weighted by Crippen LogP contribution is 2.33. The number of likely N-dealkylation sites (tertiary alicyclic amines) is 1. The summed E-state index contributed by atoms with van der Waals surface area (Å²) in [6.45, 7) is 3.57. The fourth-order valence-electron chi connectivity index (χ4n) is 4.16. The Hall–Kier alpha value is -1.40. The van der Waals surface area contributed by atoms with Crippen LogP contribution < -0.4 is 5.32 Å². The first-order valence-electron chi connectivity index (χ1n) is 9.67. The van der Waals surface area contributed by atoms with E-state index in [0.717, 1.165) is 24.4 Å². The Morgan fingerprint density at radius 2 is 1.96 bits per heavy atom. The molecule has 1 aromatic heterocycles. The topological polar surface area (TPSA) is 59.4 Å². The maximum atomic E-state index is 12.2. The molecule has 2 aliphatic rings. The quantitative estimate of drug-likeness (QED) is 0.633. The summed E-state index contributed by atoms with van der Waals surface area (Å²) in [7, 11) is 3.84. The summed E-state index contributed by atoms with van der Waals surface area (Å²) in [6, 6.07) is 0.178. The highest BCUT2D eigenvalue weighted by molar-refractivity contribution is 5.80. The van der Waals surface area contributed by atoms with Crippen LogP contribution in [0, 0.1) is 6.92 Å². The summed E-state index contributed by atoms with van der Waals surface area (Å²) >= 11 is 0.